The summed E-state index contributed by atoms with van der Waals surface area (Å²) in [7, 11) is 0. The van der Waals surface area contributed by atoms with Gasteiger partial charge in [0.1, 0.15) is 11.6 Å². The van der Waals surface area contributed by atoms with Crippen LogP contribution in [0.3, 0.4) is 0 Å². The second-order valence-corrected chi connectivity index (χ2v) is 5.07. The Morgan fingerprint density at radius 1 is 1.14 bits per heavy atom. The molecule has 0 spiro atoms. The van der Waals surface area contributed by atoms with Crippen molar-refractivity contribution in [3.63, 3.8) is 0 Å². The van der Waals surface area contributed by atoms with Crippen LogP contribution in [0.1, 0.15) is 16.7 Å². The molecular weight excluding hydrogens is 269 g/mol. The van der Waals surface area contributed by atoms with Crippen molar-refractivity contribution in [2.24, 2.45) is 0 Å². The van der Waals surface area contributed by atoms with Gasteiger partial charge in [0.15, 0.2) is 6.61 Å². The highest BCUT2D eigenvalue weighted by molar-refractivity contribution is 5.93. The number of nitrogens with one attached hydrogen (secondary N) is 1. The maximum absolute atomic E-state index is 13.0. The minimum Gasteiger partial charge on any atom is -0.484 e. The van der Waals surface area contributed by atoms with Gasteiger partial charge in [-0.3, -0.25) is 4.79 Å². The summed E-state index contributed by atoms with van der Waals surface area (Å²) in [6.45, 7) is 5.75. The van der Waals surface area contributed by atoms with Gasteiger partial charge in [-0.2, -0.15) is 0 Å². The van der Waals surface area contributed by atoms with Crippen LogP contribution in [-0.4, -0.2) is 12.5 Å². The molecule has 0 saturated heterocycles. The fraction of sp³-hybridized carbons (Fsp3) is 0.235. The highest BCUT2D eigenvalue weighted by Crippen LogP contribution is 2.21. The molecule has 2 aromatic rings. The van der Waals surface area contributed by atoms with Crippen molar-refractivity contribution in [2.45, 2.75) is 20.8 Å². The molecule has 1 N–H and O–H groups in total. The van der Waals surface area contributed by atoms with E-state index in [1.165, 1.54) is 18.2 Å². The van der Waals surface area contributed by atoms with Crippen molar-refractivity contribution in [1.29, 1.82) is 0 Å². The Kier molecular flexibility index (Phi) is 4.58. The van der Waals surface area contributed by atoms with Crippen LogP contribution in [0.15, 0.2) is 36.4 Å². The number of anilines is 1. The van der Waals surface area contributed by atoms with Crippen molar-refractivity contribution in [3.8, 4) is 5.75 Å². The molecule has 21 heavy (non-hydrogen) atoms. The van der Waals surface area contributed by atoms with E-state index in [-0.39, 0.29) is 12.5 Å². The monoisotopic (exact) mass is 287 g/mol. The largest absolute Gasteiger partial charge is 0.484 e. The van der Waals surface area contributed by atoms with Crippen LogP contribution >= 0.6 is 0 Å². The molecule has 0 radical (unpaired) electrons. The summed E-state index contributed by atoms with van der Waals surface area (Å²) in [6, 6.07) is 9.74. The molecule has 1 amide bonds. The molecule has 0 bridgehead atoms. The van der Waals surface area contributed by atoms with Crippen molar-refractivity contribution in [2.75, 3.05) is 11.9 Å². The van der Waals surface area contributed by atoms with Gasteiger partial charge in [0.2, 0.25) is 0 Å². The number of carbonyl (C=O) groups excluding carboxylic acids is 1. The predicted molar refractivity (Wildman–Crippen MR) is 81.2 cm³/mol. The summed E-state index contributed by atoms with van der Waals surface area (Å²) in [5.74, 6) is -0.324. The number of amides is 1. The first-order chi connectivity index (χ1) is 9.95. The smallest absolute Gasteiger partial charge is 0.262 e. The van der Waals surface area contributed by atoms with Crippen LogP contribution < -0.4 is 10.1 Å². The highest BCUT2D eigenvalue weighted by Gasteiger charge is 2.09. The molecule has 3 nitrogen and oxygen atoms in total. The van der Waals surface area contributed by atoms with Gasteiger partial charge in [0, 0.05) is 11.8 Å². The lowest BCUT2D eigenvalue weighted by Crippen LogP contribution is -2.21. The van der Waals surface area contributed by atoms with Gasteiger partial charge < -0.3 is 10.1 Å². The Morgan fingerprint density at radius 3 is 2.43 bits per heavy atom. The Bertz CT molecular complexity index is 645. The summed E-state index contributed by atoms with van der Waals surface area (Å²) in [5.41, 5.74) is 3.96. The van der Waals surface area contributed by atoms with Crippen molar-refractivity contribution in [3.05, 3.63) is 58.9 Å². The molecule has 2 aromatic carbocycles. The zero-order valence-electron chi connectivity index (χ0n) is 12.4. The quantitative estimate of drug-likeness (QED) is 0.929. The third-order valence-corrected chi connectivity index (χ3v) is 3.11. The Hall–Kier alpha value is -2.36. The van der Waals surface area contributed by atoms with E-state index in [4.69, 9.17) is 4.74 Å². The molecule has 0 saturated carbocycles. The first-order valence-corrected chi connectivity index (χ1v) is 6.72. The van der Waals surface area contributed by atoms with E-state index >= 15 is 0 Å². The van der Waals surface area contributed by atoms with Crippen LogP contribution in [0.5, 0.6) is 5.75 Å². The number of hydrogen-bond acceptors (Lipinski definition) is 2. The van der Waals surface area contributed by atoms with E-state index in [2.05, 4.69) is 5.32 Å². The second kappa shape index (κ2) is 6.39. The lowest BCUT2D eigenvalue weighted by atomic mass is 10.1. The summed E-state index contributed by atoms with van der Waals surface area (Å²) in [4.78, 5) is 11.9. The number of ether oxygens (including phenoxy) is 1. The summed E-state index contributed by atoms with van der Waals surface area (Å²) < 4.78 is 18.3. The molecule has 0 aliphatic rings. The number of rotatable bonds is 4. The third-order valence-electron chi connectivity index (χ3n) is 3.11. The van der Waals surface area contributed by atoms with E-state index in [9.17, 15) is 9.18 Å². The maximum atomic E-state index is 13.0. The SMILES string of the molecule is Cc1cc(C)c(NC(=O)COc2cccc(F)c2)c(C)c1. The summed E-state index contributed by atoms with van der Waals surface area (Å²) in [6.07, 6.45) is 0. The molecule has 110 valence electrons. The first-order valence-electron chi connectivity index (χ1n) is 6.72. The van der Waals surface area contributed by atoms with E-state index in [1.807, 2.05) is 32.9 Å². The molecule has 0 unspecified atom stereocenters. The number of halogens is 1. The maximum Gasteiger partial charge on any atom is 0.262 e. The molecule has 0 aromatic heterocycles. The highest BCUT2D eigenvalue weighted by atomic mass is 19.1. The molecule has 0 atom stereocenters. The van der Waals surface area contributed by atoms with Gasteiger partial charge >= 0.3 is 0 Å². The van der Waals surface area contributed by atoms with Gasteiger partial charge in [-0.25, -0.2) is 4.39 Å². The van der Waals surface area contributed by atoms with Crippen LogP contribution in [0.2, 0.25) is 0 Å². The topological polar surface area (TPSA) is 38.3 Å². The standard InChI is InChI=1S/C17H18FNO2/c1-11-7-12(2)17(13(3)8-11)19-16(20)10-21-15-6-4-5-14(18)9-15/h4-9H,10H2,1-3H3,(H,19,20). The van der Waals surface area contributed by atoms with Crippen LogP contribution in [0.4, 0.5) is 10.1 Å². The number of aryl methyl sites for hydroxylation is 3. The van der Waals surface area contributed by atoms with Crippen molar-refractivity contribution in [1.82, 2.24) is 0 Å². The van der Waals surface area contributed by atoms with Gasteiger partial charge in [-0.1, -0.05) is 23.8 Å². The lowest BCUT2D eigenvalue weighted by Gasteiger charge is -2.13. The van der Waals surface area contributed by atoms with Gasteiger partial charge in [0.25, 0.3) is 5.91 Å². The molecule has 0 aliphatic carbocycles. The second-order valence-electron chi connectivity index (χ2n) is 5.07. The van der Waals surface area contributed by atoms with Crippen molar-refractivity contribution < 1.29 is 13.9 Å². The van der Waals surface area contributed by atoms with E-state index in [0.29, 0.717) is 5.75 Å². The van der Waals surface area contributed by atoms with E-state index in [0.717, 1.165) is 22.4 Å². The molecule has 2 rings (SSSR count). The minimum absolute atomic E-state index is 0.157. The first kappa shape index (κ1) is 15.0. The fourth-order valence-electron chi connectivity index (χ4n) is 2.26. The summed E-state index contributed by atoms with van der Waals surface area (Å²) >= 11 is 0. The van der Waals surface area contributed by atoms with Crippen LogP contribution in [-0.2, 0) is 4.79 Å². The Balaban J connectivity index is 1.99. The van der Waals surface area contributed by atoms with Crippen molar-refractivity contribution >= 4 is 11.6 Å². The average Bonchev–Trinajstić information content (AvgIpc) is 2.40. The molecule has 0 fully saturated rings. The summed E-state index contributed by atoms with van der Waals surface area (Å²) in [5, 5.41) is 2.83. The molecular formula is C17H18FNO2. The minimum atomic E-state index is -0.391. The number of benzene rings is 2. The number of carbonyl (C=O) groups is 1. The zero-order chi connectivity index (χ0) is 15.4. The van der Waals surface area contributed by atoms with Gasteiger partial charge in [-0.05, 0) is 44.0 Å². The zero-order valence-corrected chi connectivity index (χ0v) is 12.4. The Morgan fingerprint density at radius 2 is 1.81 bits per heavy atom. The third kappa shape index (κ3) is 4.05. The van der Waals surface area contributed by atoms with E-state index in [1.54, 1.807) is 6.07 Å². The Labute approximate surface area is 123 Å². The average molecular weight is 287 g/mol. The predicted octanol–water partition coefficient (Wildman–Crippen LogP) is 3.77. The van der Waals surface area contributed by atoms with Gasteiger partial charge in [-0.15, -0.1) is 0 Å². The number of hydrogen-bond donors (Lipinski definition) is 1. The fourth-order valence-corrected chi connectivity index (χ4v) is 2.26. The molecule has 4 heteroatoms. The van der Waals surface area contributed by atoms with Gasteiger partial charge in [0.05, 0.1) is 0 Å². The van der Waals surface area contributed by atoms with E-state index < -0.39 is 5.82 Å². The molecule has 0 aliphatic heterocycles. The normalized spacial score (nSPS) is 10.3. The lowest BCUT2D eigenvalue weighted by molar-refractivity contribution is -0.118. The van der Waals surface area contributed by atoms with Crippen LogP contribution in [0.25, 0.3) is 0 Å². The molecule has 0 heterocycles. The van der Waals surface area contributed by atoms with Crippen LogP contribution in [0, 0.1) is 26.6 Å².